The van der Waals surface area contributed by atoms with E-state index < -0.39 is 0 Å². The summed E-state index contributed by atoms with van der Waals surface area (Å²) >= 11 is 0. The summed E-state index contributed by atoms with van der Waals surface area (Å²) in [6.45, 7) is 4.79. The number of nitrogens with one attached hydrogen (secondary N) is 1. The first-order valence-corrected chi connectivity index (χ1v) is 6.37. The van der Waals surface area contributed by atoms with Crippen molar-refractivity contribution in [2.45, 2.75) is 50.5 Å². The maximum atomic E-state index is 3.57. The molecule has 96 valence electrons. The molecular weight excluding hydrogens is 230 g/mol. The van der Waals surface area contributed by atoms with Crippen LogP contribution < -0.4 is 5.32 Å². The van der Waals surface area contributed by atoms with E-state index in [0.29, 0.717) is 0 Å². The normalized spacial score (nSPS) is 32.9. The van der Waals surface area contributed by atoms with E-state index >= 15 is 0 Å². The third kappa shape index (κ3) is 2.36. The van der Waals surface area contributed by atoms with E-state index in [1.807, 2.05) is 0 Å². The predicted octanol–water partition coefficient (Wildman–Crippen LogP) is 3.92. The Morgan fingerprint density at radius 3 is 2.18 bits per heavy atom. The highest BCUT2D eigenvalue weighted by Gasteiger charge is 2.46. The highest BCUT2D eigenvalue weighted by molar-refractivity contribution is 5.85. The van der Waals surface area contributed by atoms with E-state index in [4.69, 9.17) is 0 Å². The third-order valence-corrected chi connectivity index (χ3v) is 4.78. The summed E-state index contributed by atoms with van der Waals surface area (Å²) in [6, 6.07) is 11.0. The molecule has 2 heteroatoms. The summed E-state index contributed by atoms with van der Waals surface area (Å²) in [5.74, 6) is 0. The highest BCUT2D eigenvalue weighted by Crippen LogP contribution is 2.45. The zero-order valence-electron chi connectivity index (χ0n) is 11.1. The quantitative estimate of drug-likeness (QED) is 0.843. The summed E-state index contributed by atoms with van der Waals surface area (Å²) in [5.41, 5.74) is 1.97. The van der Waals surface area contributed by atoms with Crippen LogP contribution in [0.1, 0.15) is 45.1 Å². The van der Waals surface area contributed by atoms with Crippen molar-refractivity contribution in [3.63, 3.8) is 0 Å². The van der Waals surface area contributed by atoms with Crippen LogP contribution in [0.4, 0.5) is 0 Å². The SMILES string of the molecule is CNC1(C)CCCCC1(C)c1ccccc1.Cl. The second-order valence-corrected chi connectivity index (χ2v) is 5.49. The Bertz CT molecular complexity index is 351. The maximum Gasteiger partial charge on any atom is 0.0244 e. The average Bonchev–Trinajstić information content (AvgIpc) is 2.34. The number of halogens is 1. The van der Waals surface area contributed by atoms with Crippen molar-refractivity contribution in [1.29, 1.82) is 0 Å². The zero-order chi connectivity index (χ0) is 11.6. The van der Waals surface area contributed by atoms with Gasteiger partial charge in [-0.3, -0.25) is 0 Å². The molecule has 2 atom stereocenters. The average molecular weight is 254 g/mol. The summed E-state index contributed by atoms with van der Waals surface area (Å²) in [7, 11) is 2.10. The van der Waals surface area contributed by atoms with Crippen LogP contribution in [0.2, 0.25) is 0 Å². The smallest absolute Gasteiger partial charge is 0.0244 e. The minimum atomic E-state index is 0. The van der Waals surface area contributed by atoms with Gasteiger partial charge in [0.2, 0.25) is 0 Å². The van der Waals surface area contributed by atoms with Crippen molar-refractivity contribution in [2.75, 3.05) is 7.05 Å². The van der Waals surface area contributed by atoms with Crippen LogP contribution in [-0.4, -0.2) is 12.6 Å². The van der Waals surface area contributed by atoms with Crippen LogP contribution in [0.5, 0.6) is 0 Å². The van der Waals surface area contributed by atoms with Gasteiger partial charge in [0.05, 0.1) is 0 Å². The van der Waals surface area contributed by atoms with Gasteiger partial charge < -0.3 is 5.32 Å². The molecule has 0 bridgehead atoms. The van der Waals surface area contributed by atoms with Gasteiger partial charge in [0.25, 0.3) is 0 Å². The van der Waals surface area contributed by atoms with E-state index in [2.05, 4.69) is 56.5 Å². The molecule has 2 unspecified atom stereocenters. The first-order valence-electron chi connectivity index (χ1n) is 6.37. The molecule has 1 aliphatic carbocycles. The van der Waals surface area contributed by atoms with Gasteiger partial charge in [0.1, 0.15) is 0 Å². The molecule has 1 N–H and O–H groups in total. The second kappa shape index (κ2) is 5.41. The summed E-state index contributed by atoms with van der Waals surface area (Å²) in [4.78, 5) is 0. The van der Waals surface area contributed by atoms with Gasteiger partial charge in [0, 0.05) is 11.0 Å². The molecule has 1 aromatic rings. The number of likely N-dealkylation sites (N-methyl/N-ethyl adjacent to an activating group) is 1. The van der Waals surface area contributed by atoms with Crippen molar-refractivity contribution < 1.29 is 0 Å². The molecule has 1 aliphatic rings. The largest absolute Gasteiger partial charge is 0.314 e. The van der Waals surface area contributed by atoms with Crippen LogP contribution >= 0.6 is 12.4 Å². The Morgan fingerprint density at radius 2 is 1.59 bits per heavy atom. The standard InChI is InChI=1S/C15H23N.ClH/c1-14(13-9-5-4-6-10-13)11-7-8-12-15(14,2)16-3;/h4-6,9-10,16H,7-8,11-12H2,1-3H3;1H. The fourth-order valence-electron chi connectivity index (χ4n) is 3.18. The lowest BCUT2D eigenvalue weighted by atomic mass is 9.60. The predicted molar refractivity (Wildman–Crippen MR) is 77.0 cm³/mol. The Balaban J connectivity index is 0.00000144. The molecule has 0 radical (unpaired) electrons. The minimum Gasteiger partial charge on any atom is -0.314 e. The summed E-state index contributed by atoms with van der Waals surface area (Å²) in [5, 5.41) is 3.57. The summed E-state index contributed by atoms with van der Waals surface area (Å²) in [6.07, 6.45) is 5.26. The molecule has 0 heterocycles. The Labute approximate surface area is 111 Å². The summed E-state index contributed by atoms with van der Waals surface area (Å²) < 4.78 is 0. The van der Waals surface area contributed by atoms with Crippen LogP contribution in [0.15, 0.2) is 30.3 Å². The molecule has 0 spiro atoms. The number of benzene rings is 1. The van der Waals surface area contributed by atoms with Crippen LogP contribution in [0.25, 0.3) is 0 Å². The fourth-order valence-corrected chi connectivity index (χ4v) is 3.18. The molecule has 0 aromatic heterocycles. The molecule has 0 saturated heterocycles. The zero-order valence-corrected chi connectivity index (χ0v) is 11.9. The van der Waals surface area contributed by atoms with Gasteiger partial charge >= 0.3 is 0 Å². The molecule has 1 saturated carbocycles. The van der Waals surface area contributed by atoms with Crippen molar-refractivity contribution in [2.24, 2.45) is 0 Å². The van der Waals surface area contributed by atoms with Gasteiger partial charge in [-0.2, -0.15) is 0 Å². The number of hydrogen-bond donors (Lipinski definition) is 1. The molecule has 1 nitrogen and oxygen atoms in total. The maximum absolute atomic E-state index is 3.57. The van der Waals surface area contributed by atoms with E-state index in [1.54, 1.807) is 0 Å². The molecule has 0 aliphatic heterocycles. The van der Waals surface area contributed by atoms with Crippen molar-refractivity contribution in [3.8, 4) is 0 Å². The number of hydrogen-bond acceptors (Lipinski definition) is 1. The lowest BCUT2D eigenvalue weighted by molar-refractivity contribution is 0.142. The molecule has 2 rings (SSSR count). The Hall–Kier alpha value is -0.530. The van der Waals surface area contributed by atoms with Crippen molar-refractivity contribution in [1.82, 2.24) is 5.32 Å². The van der Waals surface area contributed by atoms with Crippen LogP contribution in [0.3, 0.4) is 0 Å². The minimum absolute atomic E-state index is 0. The molecule has 1 fully saturated rings. The van der Waals surface area contributed by atoms with E-state index in [0.717, 1.165) is 0 Å². The highest BCUT2D eigenvalue weighted by atomic mass is 35.5. The van der Waals surface area contributed by atoms with Gasteiger partial charge in [-0.15, -0.1) is 12.4 Å². The lowest BCUT2D eigenvalue weighted by Gasteiger charge is -2.50. The third-order valence-electron chi connectivity index (χ3n) is 4.78. The first-order chi connectivity index (χ1) is 7.62. The van der Waals surface area contributed by atoms with E-state index in [9.17, 15) is 0 Å². The van der Waals surface area contributed by atoms with E-state index in [-0.39, 0.29) is 23.4 Å². The van der Waals surface area contributed by atoms with Gasteiger partial charge in [-0.1, -0.05) is 50.1 Å². The first kappa shape index (κ1) is 14.5. The van der Waals surface area contributed by atoms with E-state index in [1.165, 1.54) is 31.2 Å². The van der Waals surface area contributed by atoms with Gasteiger partial charge in [-0.05, 0) is 32.4 Å². The topological polar surface area (TPSA) is 12.0 Å². The van der Waals surface area contributed by atoms with Gasteiger partial charge in [-0.25, -0.2) is 0 Å². The molecule has 1 aromatic carbocycles. The monoisotopic (exact) mass is 253 g/mol. The number of rotatable bonds is 2. The Morgan fingerprint density at radius 1 is 1.00 bits per heavy atom. The molecule has 17 heavy (non-hydrogen) atoms. The van der Waals surface area contributed by atoms with Crippen molar-refractivity contribution >= 4 is 12.4 Å². The van der Waals surface area contributed by atoms with Crippen molar-refractivity contribution in [3.05, 3.63) is 35.9 Å². The molecule has 0 amide bonds. The lowest BCUT2D eigenvalue weighted by Crippen LogP contribution is -2.58. The second-order valence-electron chi connectivity index (χ2n) is 5.49. The Kier molecular flexibility index (Phi) is 4.62. The molecular formula is C15H24ClN. The van der Waals surface area contributed by atoms with Crippen LogP contribution in [0, 0.1) is 0 Å². The van der Waals surface area contributed by atoms with Crippen LogP contribution in [-0.2, 0) is 5.41 Å². The fraction of sp³-hybridized carbons (Fsp3) is 0.600. The van der Waals surface area contributed by atoms with Gasteiger partial charge in [0.15, 0.2) is 0 Å².